The molecule has 0 spiro atoms. The zero-order valence-electron chi connectivity index (χ0n) is 12.0. The lowest BCUT2D eigenvalue weighted by Crippen LogP contribution is -2.36. The second-order valence-electron chi connectivity index (χ2n) is 5.78. The molecule has 104 valence electrons. The van der Waals surface area contributed by atoms with Gasteiger partial charge in [-0.25, -0.2) is 0 Å². The average molecular weight is 266 g/mol. The fourth-order valence-electron chi connectivity index (χ4n) is 3.19. The summed E-state index contributed by atoms with van der Waals surface area (Å²) < 4.78 is 0. The molecule has 1 aliphatic carbocycles. The van der Waals surface area contributed by atoms with Crippen LogP contribution in [0.1, 0.15) is 23.1 Å². The molecule has 0 saturated carbocycles. The lowest BCUT2D eigenvalue weighted by Gasteiger charge is -2.33. The van der Waals surface area contributed by atoms with Gasteiger partial charge in [0, 0.05) is 18.3 Å². The van der Waals surface area contributed by atoms with E-state index < -0.39 is 0 Å². The Balaban J connectivity index is 1.70. The quantitative estimate of drug-likeness (QED) is 0.864. The van der Waals surface area contributed by atoms with Crippen molar-refractivity contribution in [2.24, 2.45) is 0 Å². The highest BCUT2D eigenvalue weighted by atomic mass is 15.1. The number of nitrogens with zero attached hydrogens (tertiary/aromatic N) is 1. The minimum Gasteiger partial charge on any atom is -0.398 e. The molecule has 20 heavy (non-hydrogen) atoms. The predicted octanol–water partition coefficient (Wildman–Crippen LogP) is 3.26. The lowest BCUT2D eigenvalue weighted by atomic mass is 9.86. The molecular weight excluding hydrogens is 244 g/mol. The molecule has 2 aromatic rings. The van der Waals surface area contributed by atoms with Crippen LogP contribution in [-0.2, 0) is 19.4 Å². The first-order valence-electron chi connectivity index (χ1n) is 7.34. The zero-order chi connectivity index (χ0) is 13.9. The Bertz CT molecular complexity index is 577. The fraction of sp³-hybridized carbons (Fsp3) is 0.333. The van der Waals surface area contributed by atoms with Crippen molar-refractivity contribution in [3.63, 3.8) is 0 Å². The van der Waals surface area contributed by atoms with Crippen LogP contribution in [0.15, 0.2) is 48.5 Å². The molecule has 1 aliphatic rings. The van der Waals surface area contributed by atoms with E-state index >= 15 is 0 Å². The first-order chi connectivity index (χ1) is 9.74. The molecule has 0 fully saturated rings. The van der Waals surface area contributed by atoms with Crippen molar-refractivity contribution in [3.05, 3.63) is 65.2 Å². The minimum absolute atomic E-state index is 0.615. The Hall–Kier alpha value is -1.80. The summed E-state index contributed by atoms with van der Waals surface area (Å²) in [7, 11) is 2.23. The first-order valence-corrected chi connectivity index (χ1v) is 7.34. The molecule has 3 rings (SSSR count). The van der Waals surface area contributed by atoms with Crippen LogP contribution in [0, 0.1) is 0 Å². The van der Waals surface area contributed by atoms with E-state index in [1.807, 2.05) is 6.07 Å². The van der Waals surface area contributed by atoms with Crippen molar-refractivity contribution in [3.8, 4) is 0 Å². The highest BCUT2D eigenvalue weighted by Gasteiger charge is 2.23. The molecule has 0 radical (unpaired) electrons. The van der Waals surface area contributed by atoms with E-state index in [4.69, 9.17) is 5.73 Å². The molecule has 2 N–H and O–H groups in total. The van der Waals surface area contributed by atoms with Crippen LogP contribution in [0.5, 0.6) is 0 Å². The third kappa shape index (κ3) is 2.70. The van der Waals surface area contributed by atoms with Gasteiger partial charge in [0.15, 0.2) is 0 Å². The third-order valence-corrected chi connectivity index (χ3v) is 4.39. The maximum absolute atomic E-state index is 6.07. The van der Waals surface area contributed by atoms with Crippen molar-refractivity contribution in [1.29, 1.82) is 0 Å². The second kappa shape index (κ2) is 5.68. The van der Waals surface area contributed by atoms with Crippen molar-refractivity contribution in [2.45, 2.75) is 31.8 Å². The Morgan fingerprint density at radius 2 is 1.90 bits per heavy atom. The van der Waals surface area contributed by atoms with Crippen LogP contribution in [0.25, 0.3) is 0 Å². The van der Waals surface area contributed by atoms with Gasteiger partial charge in [-0.3, -0.25) is 4.90 Å². The van der Waals surface area contributed by atoms with Crippen LogP contribution in [0.2, 0.25) is 0 Å². The predicted molar refractivity (Wildman–Crippen MR) is 84.6 cm³/mol. The normalized spacial score (nSPS) is 18.0. The summed E-state index contributed by atoms with van der Waals surface area (Å²) in [6.45, 7) is 1.02. The highest BCUT2D eigenvalue weighted by molar-refractivity contribution is 5.52. The summed E-state index contributed by atoms with van der Waals surface area (Å²) in [6.07, 6.45) is 3.42. The van der Waals surface area contributed by atoms with E-state index in [0.29, 0.717) is 6.04 Å². The van der Waals surface area contributed by atoms with Crippen molar-refractivity contribution in [1.82, 2.24) is 4.90 Å². The van der Waals surface area contributed by atoms with E-state index in [-0.39, 0.29) is 0 Å². The van der Waals surface area contributed by atoms with E-state index in [1.165, 1.54) is 23.1 Å². The SMILES string of the molecule is CN(Cc1ccccc1)C1CCc2c(N)cccc2C1. The molecule has 0 aromatic heterocycles. The van der Waals surface area contributed by atoms with Gasteiger partial charge in [0.05, 0.1) is 0 Å². The van der Waals surface area contributed by atoms with Crippen LogP contribution >= 0.6 is 0 Å². The number of hydrogen-bond donors (Lipinski definition) is 1. The molecule has 1 unspecified atom stereocenters. The summed E-state index contributed by atoms with van der Waals surface area (Å²) >= 11 is 0. The van der Waals surface area contributed by atoms with E-state index in [0.717, 1.165) is 25.1 Å². The molecule has 0 amide bonds. The van der Waals surface area contributed by atoms with Gasteiger partial charge < -0.3 is 5.73 Å². The monoisotopic (exact) mass is 266 g/mol. The van der Waals surface area contributed by atoms with Crippen LogP contribution in [0.4, 0.5) is 5.69 Å². The van der Waals surface area contributed by atoms with Gasteiger partial charge in [-0.05, 0) is 49.1 Å². The highest BCUT2D eigenvalue weighted by Crippen LogP contribution is 2.28. The first kappa shape index (κ1) is 13.2. The summed E-state index contributed by atoms with van der Waals surface area (Å²) in [5.41, 5.74) is 11.2. The van der Waals surface area contributed by atoms with Crippen molar-refractivity contribution >= 4 is 5.69 Å². The van der Waals surface area contributed by atoms with Gasteiger partial charge >= 0.3 is 0 Å². The van der Waals surface area contributed by atoms with E-state index in [2.05, 4.69) is 54.4 Å². The Kier molecular flexibility index (Phi) is 3.75. The van der Waals surface area contributed by atoms with E-state index in [1.54, 1.807) is 0 Å². The third-order valence-electron chi connectivity index (χ3n) is 4.39. The van der Waals surface area contributed by atoms with Crippen LogP contribution < -0.4 is 5.73 Å². The van der Waals surface area contributed by atoms with Crippen molar-refractivity contribution in [2.75, 3.05) is 12.8 Å². The largest absolute Gasteiger partial charge is 0.398 e. The van der Waals surface area contributed by atoms with Gasteiger partial charge in [0.25, 0.3) is 0 Å². The van der Waals surface area contributed by atoms with Gasteiger partial charge in [0.1, 0.15) is 0 Å². The minimum atomic E-state index is 0.615. The molecule has 2 heteroatoms. The lowest BCUT2D eigenvalue weighted by molar-refractivity contribution is 0.214. The second-order valence-corrected chi connectivity index (χ2v) is 5.78. The number of nitrogens with two attached hydrogens (primary N) is 1. The van der Waals surface area contributed by atoms with Gasteiger partial charge in [-0.15, -0.1) is 0 Å². The number of likely N-dealkylation sites (N-methyl/N-ethyl adjacent to an activating group) is 1. The summed E-state index contributed by atoms with van der Waals surface area (Å²) in [6, 6.07) is 17.6. The van der Waals surface area contributed by atoms with Crippen molar-refractivity contribution < 1.29 is 0 Å². The Morgan fingerprint density at radius 3 is 2.70 bits per heavy atom. The molecule has 2 aromatic carbocycles. The molecule has 0 saturated heterocycles. The number of nitrogen functional groups attached to an aromatic ring is 1. The van der Waals surface area contributed by atoms with Crippen LogP contribution in [-0.4, -0.2) is 18.0 Å². The molecular formula is C18H22N2. The van der Waals surface area contributed by atoms with Gasteiger partial charge in [0.2, 0.25) is 0 Å². The van der Waals surface area contributed by atoms with Crippen LogP contribution in [0.3, 0.4) is 0 Å². The Labute approximate surface area is 121 Å². The molecule has 0 bridgehead atoms. The number of benzene rings is 2. The Morgan fingerprint density at radius 1 is 1.10 bits per heavy atom. The van der Waals surface area contributed by atoms with Gasteiger partial charge in [-0.2, -0.15) is 0 Å². The number of hydrogen-bond acceptors (Lipinski definition) is 2. The van der Waals surface area contributed by atoms with Gasteiger partial charge in [-0.1, -0.05) is 42.5 Å². The average Bonchev–Trinajstić information content (AvgIpc) is 2.48. The standard InChI is InChI=1S/C18H22N2/c1-20(13-14-6-3-2-4-7-14)16-10-11-17-15(12-16)8-5-9-18(17)19/h2-9,16H,10-13,19H2,1H3. The molecule has 0 heterocycles. The fourth-order valence-corrected chi connectivity index (χ4v) is 3.19. The smallest absolute Gasteiger partial charge is 0.0349 e. The number of anilines is 1. The summed E-state index contributed by atoms with van der Waals surface area (Å²) in [5, 5.41) is 0. The molecule has 0 aliphatic heterocycles. The molecule has 2 nitrogen and oxygen atoms in total. The van der Waals surface area contributed by atoms with E-state index in [9.17, 15) is 0 Å². The summed E-state index contributed by atoms with van der Waals surface area (Å²) in [5.74, 6) is 0. The number of fused-ring (bicyclic) bond motifs is 1. The zero-order valence-corrected chi connectivity index (χ0v) is 12.0. The maximum atomic E-state index is 6.07. The topological polar surface area (TPSA) is 29.3 Å². The summed E-state index contributed by atoms with van der Waals surface area (Å²) in [4.78, 5) is 2.47. The molecule has 1 atom stereocenters. The maximum Gasteiger partial charge on any atom is 0.0349 e. The number of rotatable bonds is 3.